The van der Waals surface area contributed by atoms with Gasteiger partial charge in [-0.1, -0.05) is 66.5 Å². The Bertz CT molecular complexity index is 1320. The van der Waals surface area contributed by atoms with Crippen LogP contribution in [0.3, 0.4) is 0 Å². The molecular formula is C25H20Cl2N2O4. The molecule has 0 unspecified atom stereocenters. The minimum absolute atomic E-state index is 0.0299. The lowest BCUT2D eigenvalue weighted by Crippen LogP contribution is -2.54. The number of carbonyl (C=O) groups excluding carboxylic acids is 3. The number of amides is 4. The summed E-state index contributed by atoms with van der Waals surface area (Å²) < 4.78 is 6.08. The first-order valence-electron chi connectivity index (χ1n) is 10.4. The Morgan fingerprint density at radius 3 is 2.55 bits per heavy atom. The van der Waals surface area contributed by atoms with E-state index in [-0.39, 0.29) is 27.4 Å². The SMILES string of the molecule is CC[C@@H](C)Oc1ccc2ccccc2c1/C=C1\C(=O)NC(=O)N(c2cccc(Cl)c2Cl)C1=O. The number of urea groups is 1. The molecule has 1 aliphatic heterocycles. The number of hydrogen-bond donors (Lipinski definition) is 1. The second-order valence-electron chi connectivity index (χ2n) is 7.57. The van der Waals surface area contributed by atoms with Crippen molar-refractivity contribution in [3.8, 4) is 5.75 Å². The molecule has 3 aromatic rings. The van der Waals surface area contributed by atoms with Crippen LogP contribution in [0.4, 0.5) is 10.5 Å². The molecule has 1 N–H and O–H groups in total. The standard InChI is InChI=1S/C25H20Cl2N2O4/c1-3-14(2)33-21-12-11-15-7-4-5-8-16(15)17(21)13-18-23(30)28-25(32)29(24(18)31)20-10-6-9-19(26)22(20)27/h4-14H,3H2,1-2H3,(H,28,30,32)/b18-13+/t14-/m1/s1. The maximum Gasteiger partial charge on any atom is 0.336 e. The Hall–Kier alpha value is -3.35. The zero-order valence-corrected chi connectivity index (χ0v) is 19.4. The molecule has 0 radical (unpaired) electrons. The van der Waals surface area contributed by atoms with Gasteiger partial charge in [-0.3, -0.25) is 14.9 Å². The predicted molar refractivity (Wildman–Crippen MR) is 130 cm³/mol. The molecule has 1 aliphatic rings. The number of hydrogen-bond acceptors (Lipinski definition) is 4. The number of rotatable bonds is 5. The van der Waals surface area contributed by atoms with E-state index in [9.17, 15) is 14.4 Å². The van der Waals surface area contributed by atoms with Crippen LogP contribution in [-0.2, 0) is 9.59 Å². The van der Waals surface area contributed by atoms with Crippen molar-refractivity contribution < 1.29 is 19.1 Å². The van der Waals surface area contributed by atoms with E-state index in [4.69, 9.17) is 27.9 Å². The first kappa shape index (κ1) is 22.8. The zero-order valence-electron chi connectivity index (χ0n) is 17.9. The molecule has 4 amide bonds. The van der Waals surface area contributed by atoms with E-state index in [0.29, 0.717) is 11.3 Å². The summed E-state index contributed by atoms with van der Waals surface area (Å²) >= 11 is 12.3. The molecule has 168 valence electrons. The molecular weight excluding hydrogens is 463 g/mol. The molecule has 3 aromatic carbocycles. The third-order valence-electron chi connectivity index (χ3n) is 5.40. The van der Waals surface area contributed by atoms with Crippen molar-refractivity contribution in [2.45, 2.75) is 26.4 Å². The molecule has 0 spiro atoms. The number of barbiturate groups is 1. The molecule has 33 heavy (non-hydrogen) atoms. The van der Waals surface area contributed by atoms with Crippen molar-refractivity contribution >= 4 is 63.6 Å². The minimum atomic E-state index is -0.902. The lowest BCUT2D eigenvalue weighted by Gasteiger charge is -2.27. The van der Waals surface area contributed by atoms with E-state index in [1.807, 2.05) is 50.2 Å². The summed E-state index contributed by atoms with van der Waals surface area (Å²) in [6, 6.07) is 15.0. The average Bonchev–Trinajstić information content (AvgIpc) is 2.80. The summed E-state index contributed by atoms with van der Waals surface area (Å²) in [6.45, 7) is 3.94. The van der Waals surface area contributed by atoms with Crippen molar-refractivity contribution in [3.63, 3.8) is 0 Å². The van der Waals surface area contributed by atoms with Crippen LogP contribution >= 0.6 is 23.2 Å². The summed E-state index contributed by atoms with van der Waals surface area (Å²) in [5.74, 6) is -1.09. The van der Waals surface area contributed by atoms with E-state index in [1.54, 1.807) is 6.07 Å². The van der Waals surface area contributed by atoms with E-state index >= 15 is 0 Å². The highest BCUT2D eigenvalue weighted by Gasteiger charge is 2.38. The molecule has 0 saturated carbocycles. The molecule has 1 fully saturated rings. The van der Waals surface area contributed by atoms with Crippen molar-refractivity contribution in [1.29, 1.82) is 0 Å². The van der Waals surface area contributed by atoms with Crippen LogP contribution in [0.1, 0.15) is 25.8 Å². The highest BCUT2D eigenvalue weighted by Crippen LogP contribution is 2.36. The number of halogens is 2. The highest BCUT2D eigenvalue weighted by atomic mass is 35.5. The van der Waals surface area contributed by atoms with Gasteiger partial charge < -0.3 is 4.74 Å². The van der Waals surface area contributed by atoms with Crippen LogP contribution in [0.5, 0.6) is 5.75 Å². The topological polar surface area (TPSA) is 75.7 Å². The third-order valence-corrected chi connectivity index (χ3v) is 6.21. The molecule has 8 heteroatoms. The lowest BCUT2D eigenvalue weighted by molar-refractivity contribution is -0.122. The van der Waals surface area contributed by atoms with Gasteiger partial charge in [0.15, 0.2) is 0 Å². The Kier molecular flexibility index (Phi) is 6.40. The van der Waals surface area contributed by atoms with Gasteiger partial charge in [0, 0.05) is 5.56 Å². The van der Waals surface area contributed by atoms with Gasteiger partial charge in [0.2, 0.25) is 0 Å². The zero-order chi connectivity index (χ0) is 23.7. The number of fused-ring (bicyclic) bond motifs is 1. The summed E-state index contributed by atoms with van der Waals surface area (Å²) in [7, 11) is 0. The maximum atomic E-state index is 13.4. The number of carbonyl (C=O) groups is 3. The Morgan fingerprint density at radius 1 is 1.03 bits per heavy atom. The largest absolute Gasteiger partial charge is 0.490 e. The lowest BCUT2D eigenvalue weighted by atomic mass is 9.99. The molecule has 6 nitrogen and oxygen atoms in total. The summed E-state index contributed by atoms with van der Waals surface area (Å²) in [5, 5.41) is 4.13. The Balaban J connectivity index is 1.88. The van der Waals surface area contributed by atoms with E-state index < -0.39 is 17.8 Å². The Morgan fingerprint density at radius 2 is 1.79 bits per heavy atom. The second-order valence-corrected chi connectivity index (χ2v) is 8.35. The van der Waals surface area contributed by atoms with Gasteiger partial charge in [0.05, 0.1) is 21.8 Å². The van der Waals surface area contributed by atoms with Gasteiger partial charge in [-0.15, -0.1) is 0 Å². The van der Waals surface area contributed by atoms with Crippen molar-refractivity contribution in [2.24, 2.45) is 0 Å². The van der Waals surface area contributed by atoms with Crippen LogP contribution in [0.25, 0.3) is 16.8 Å². The molecule has 1 atom stereocenters. The fraction of sp³-hybridized carbons (Fsp3) is 0.160. The summed E-state index contributed by atoms with van der Waals surface area (Å²) in [4.78, 5) is 39.5. The van der Waals surface area contributed by atoms with Gasteiger partial charge in [0.1, 0.15) is 11.3 Å². The minimum Gasteiger partial charge on any atom is -0.490 e. The number of nitrogens with one attached hydrogen (secondary N) is 1. The fourth-order valence-electron chi connectivity index (χ4n) is 3.51. The monoisotopic (exact) mass is 482 g/mol. The quantitative estimate of drug-likeness (QED) is 0.357. The number of anilines is 1. The summed E-state index contributed by atoms with van der Waals surface area (Å²) in [6.07, 6.45) is 2.15. The van der Waals surface area contributed by atoms with E-state index in [1.165, 1.54) is 18.2 Å². The molecule has 0 bridgehead atoms. The third kappa shape index (κ3) is 4.32. The van der Waals surface area contributed by atoms with Gasteiger partial charge in [-0.25, -0.2) is 9.69 Å². The van der Waals surface area contributed by atoms with Crippen molar-refractivity contribution in [2.75, 3.05) is 4.90 Å². The van der Waals surface area contributed by atoms with E-state index in [0.717, 1.165) is 22.1 Å². The predicted octanol–water partition coefficient (Wildman–Crippen LogP) is 5.99. The highest BCUT2D eigenvalue weighted by molar-refractivity contribution is 6.46. The maximum absolute atomic E-state index is 13.4. The summed E-state index contributed by atoms with van der Waals surface area (Å²) in [5.41, 5.74) is 0.424. The molecule has 1 saturated heterocycles. The van der Waals surface area contributed by atoms with Gasteiger partial charge >= 0.3 is 6.03 Å². The number of nitrogens with zero attached hydrogens (tertiary/aromatic N) is 1. The number of benzene rings is 3. The van der Waals surface area contributed by atoms with Gasteiger partial charge in [-0.2, -0.15) is 0 Å². The number of imide groups is 2. The fourth-order valence-corrected chi connectivity index (χ4v) is 3.89. The van der Waals surface area contributed by atoms with E-state index in [2.05, 4.69) is 5.32 Å². The molecule has 4 rings (SSSR count). The van der Waals surface area contributed by atoms with Gasteiger partial charge in [0.25, 0.3) is 11.8 Å². The van der Waals surface area contributed by atoms with Crippen LogP contribution < -0.4 is 15.0 Å². The van der Waals surface area contributed by atoms with Crippen molar-refractivity contribution in [3.05, 3.63) is 75.8 Å². The smallest absolute Gasteiger partial charge is 0.336 e. The van der Waals surface area contributed by atoms with Crippen LogP contribution in [0.15, 0.2) is 60.2 Å². The Labute approximate surface area is 200 Å². The number of ether oxygens (including phenoxy) is 1. The molecule has 0 aromatic heterocycles. The normalized spacial score (nSPS) is 16.3. The second kappa shape index (κ2) is 9.25. The average molecular weight is 483 g/mol. The van der Waals surface area contributed by atoms with Crippen molar-refractivity contribution in [1.82, 2.24) is 5.32 Å². The first-order chi connectivity index (χ1) is 15.8. The molecule has 1 heterocycles. The van der Waals surface area contributed by atoms with Crippen LogP contribution in [0, 0.1) is 0 Å². The first-order valence-corrected chi connectivity index (χ1v) is 11.1. The van der Waals surface area contributed by atoms with Gasteiger partial charge in [-0.05, 0) is 48.4 Å². The van der Waals surface area contributed by atoms with Crippen LogP contribution in [0.2, 0.25) is 10.0 Å². The molecule has 0 aliphatic carbocycles. The van der Waals surface area contributed by atoms with Crippen LogP contribution in [-0.4, -0.2) is 23.9 Å².